The van der Waals surface area contributed by atoms with E-state index in [-0.39, 0.29) is 23.6 Å². The second kappa shape index (κ2) is 7.71. The molecule has 0 radical (unpaired) electrons. The van der Waals surface area contributed by atoms with E-state index in [0.717, 1.165) is 38.0 Å². The summed E-state index contributed by atoms with van der Waals surface area (Å²) < 4.78 is 5.16. The number of nitrogens with zero attached hydrogens (tertiary/aromatic N) is 1. The third kappa shape index (κ3) is 3.81. The van der Waals surface area contributed by atoms with Crippen LogP contribution in [0.25, 0.3) is 0 Å². The van der Waals surface area contributed by atoms with E-state index >= 15 is 0 Å². The lowest BCUT2D eigenvalue weighted by Gasteiger charge is -2.32. The van der Waals surface area contributed by atoms with Gasteiger partial charge in [-0.1, -0.05) is 24.3 Å². The normalized spacial score (nSPS) is 15.4. The van der Waals surface area contributed by atoms with Crippen LogP contribution in [0.5, 0.6) is 0 Å². The van der Waals surface area contributed by atoms with Crippen molar-refractivity contribution < 1.29 is 14.0 Å². The average Bonchev–Trinajstić information content (AvgIpc) is 3.41. The Morgan fingerprint density at radius 2 is 1.80 bits per heavy atom. The number of fused-ring (bicyclic) bond motifs is 1. The zero-order valence-electron chi connectivity index (χ0n) is 16.6. The summed E-state index contributed by atoms with van der Waals surface area (Å²) in [6, 6.07) is 17.5. The van der Waals surface area contributed by atoms with Gasteiger partial charge in [-0.15, -0.1) is 0 Å². The molecular weight excluding hydrogens is 378 g/mol. The second-order valence-electron chi connectivity index (χ2n) is 7.85. The lowest BCUT2D eigenvalue weighted by Crippen LogP contribution is -2.33. The van der Waals surface area contributed by atoms with E-state index in [1.54, 1.807) is 18.2 Å². The van der Waals surface area contributed by atoms with Crippen LogP contribution in [0.2, 0.25) is 0 Å². The van der Waals surface area contributed by atoms with Crippen molar-refractivity contribution in [2.45, 2.75) is 31.8 Å². The molecule has 1 saturated carbocycles. The Balaban J connectivity index is 1.44. The monoisotopic (exact) mass is 401 g/mol. The number of carbonyl (C=O) groups excluding carboxylic acids is 2. The van der Waals surface area contributed by atoms with Crippen molar-refractivity contribution in [3.63, 3.8) is 0 Å². The Hall–Kier alpha value is -3.54. The van der Waals surface area contributed by atoms with E-state index in [0.29, 0.717) is 11.3 Å². The predicted octanol–water partition coefficient (Wildman–Crippen LogP) is 3.99. The van der Waals surface area contributed by atoms with Gasteiger partial charge in [0.1, 0.15) is 0 Å². The summed E-state index contributed by atoms with van der Waals surface area (Å²) in [6.07, 6.45) is 4.44. The highest BCUT2D eigenvalue weighted by Gasteiger charge is 2.27. The fourth-order valence-corrected chi connectivity index (χ4v) is 3.86. The van der Waals surface area contributed by atoms with E-state index < -0.39 is 0 Å². The van der Waals surface area contributed by atoms with Crippen LogP contribution in [0.4, 0.5) is 11.4 Å². The van der Waals surface area contributed by atoms with Crippen LogP contribution in [0.15, 0.2) is 65.3 Å². The van der Waals surface area contributed by atoms with Gasteiger partial charge in [0.25, 0.3) is 11.8 Å². The topological polar surface area (TPSA) is 74.6 Å². The van der Waals surface area contributed by atoms with Gasteiger partial charge in [0.05, 0.1) is 11.8 Å². The summed E-state index contributed by atoms with van der Waals surface area (Å²) in [5.41, 5.74) is 4.68. The fourth-order valence-electron chi connectivity index (χ4n) is 3.86. The fraction of sp³-hybridized carbons (Fsp3) is 0.250. The molecule has 152 valence electrons. The van der Waals surface area contributed by atoms with Crippen molar-refractivity contribution in [3.05, 3.63) is 83.3 Å². The largest absolute Gasteiger partial charge is 0.459 e. The molecule has 2 heterocycles. The summed E-state index contributed by atoms with van der Waals surface area (Å²) >= 11 is 0. The first kappa shape index (κ1) is 18.5. The van der Waals surface area contributed by atoms with Crippen molar-refractivity contribution in [2.75, 3.05) is 16.8 Å². The summed E-state index contributed by atoms with van der Waals surface area (Å²) in [5, 5.41) is 5.90. The maximum atomic E-state index is 13.0. The van der Waals surface area contributed by atoms with Crippen LogP contribution < -0.4 is 15.5 Å². The Bertz CT molecular complexity index is 1090. The number of rotatable bonds is 5. The van der Waals surface area contributed by atoms with Crippen LogP contribution in [0.1, 0.15) is 44.9 Å². The van der Waals surface area contributed by atoms with Gasteiger partial charge in [0.15, 0.2) is 5.76 Å². The van der Waals surface area contributed by atoms with Gasteiger partial charge < -0.3 is 20.0 Å². The van der Waals surface area contributed by atoms with Gasteiger partial charge in [0, 0.05) is 30.5 Å². The molecule has 3 aromatic rings. The number of carbonyl (C=O) groups is 2. The Kier molecular flexibility index (Phi) is 4.75. The maximum Gasteiger partial charge on any atom is 0.291 e. The molecule has 2 aliphatic rings. The molecule has 30 heavy (non-hydrogen) atoms. The SMILES string of the molecule is O=C(Nc1ccc(N2CCc3ccccc3C2)c(C(=O)NC2CC2)c1)c1ccco1. The molecule has 1 aromatic heterocycles. The molecule has 2 aromatic carbocycles. The van der Waals surface area contributed by atoms with Crippen molar-refractivity contribution >= 4 is 23.2 Å². The van der Waals surface area contributed by atoms with Gasteiger partial charge in [-0.2, -0.15) is 0 Å². The van der Waals surface area contributed by atoms with E-state index in [1.807, 2.05) is 12.1 Å². The number of benzene rings is 2. The number of anilines is 2. The van der Waals surface area contributed by atoms with E-state index in [1.165, 1.54) is 17.4 Å². The summed E-state index contributed by atoms with van der Waals surface area (Å²) in [6.45, 7) is 1.61. The third-order valence-electron chi connectivity index (χ3n) is 5.63. The summed E-state index contributed by atoms with van der Waals surface area (Å²) in [7, 11) is 0. The number of furan rings is 1. The number of nitrogens with one attached hydrogen (secondary N) is 2. The average molecular weight is 401 g/mol. The molecule has 0 saturated heterocycles. The molecule has 6 nitrogen and oxygen atoms in total. The second-order valence-corrected chi connectivity index (χ2v) is 7.85. The molecule has 0 unspecified atom stereocenters. The Morgan fingerprint density at radius 1 is 0.967 bits per heavy atom. The van der Waals surface area contributed by atoms with Crippen molar-refractivity contribution in [2.24, 2.45) is 0 Å². The molecule has 0 bridgehead atoms. The van der Waals surface area contributed by atoms with Crippen molar-refractivity contribution in [3.8, 4) is 0 Å². The zero-order valence-corrected chi connectivity index (χ0v) is 16.6. The van der Waals surface area contributed by atoms with Gasteiger partial charge in [0.2, 0.25) is 0 Å². The van der Waals surface area contributed by atoms with Crippen LogP contribution in [-0.4, -0.2) is 24.4 Å². The third-order valence-corrected chi connectivity index (χ3v) is 5.63. The Morgan fingerprint density at radius 3 is 2.57 bits per heavy atom. The molecule has 2 amide bonds. The van der Waals surface area contributed by atoms with Gasteiger partial charge in [-0.25, -0.2) is 0 Å². The predicted molar refractivity (Wildman–Crippen MR) is 115 cm³/mol. The molecular formula is C24H23N3O3. The van der Waals surface area contributed by atoms with Gasteiger partial charge in [-0.3, -0.25) is 9.59 Å². The zero-order chi connectivity index (χ0) is 20.5. The number of hydrogen-bond donors (Lipinski definition) is 2. The first-order valence-corrected chi connectivity index (χ1v) is 10.3. The van der Waals surface area contributed by atoms with Crippen LogP contribution in [-0.2, 0) is 13.0 Å². The maximum absolute atomic E-state index is 13.0. The molecule has 2 N–H and O–H groups in total. The minimum absolute atomic E-state index is 0.0968. The lowest BCUT2D eigenvalue weighted by atomic mass is 9.98. The molecule has 0 atom stereocenters. The van der Waals surface area contributed by atoms with Gasteiger partial charge in [-0.05, 0) is 60.7 Å². The van der Waals surface area contributed by atoms with Crippen molar-refractivity contribution in [1.82, 2.24) is 5.32 Å². The first-order valence-electron chi connectivity index (χ1n) is 10.3. The van der Waals surface area contributed by atoms with Gasteiger partial charge >= 0.3 is 0 Å². The summed E-state index contributed by atoms with van der Waals surface area (Å²) in [5.74, 6) is -0.204. The minimum atomic E-state index is -0.340. The number of amides is 2. The lowest BCUT2D eigenvalue weighted by molar-refractivity contribution is 0.0949. The summed E-state index contributed by atoms with van der Waals surface area (Å²) in [4.78, 5) is 27.6. The van der Waals surface area contributed by atoms with E-state index in [9.17, 15) is 9.59 Å². The highest BCUT2D eigenvalue weighted by Crippen LogP contribution is 2.30. The molecule has 1 aliphatic heterocycles. The van der Waals surface area contributed by atoms with Crippen LogP contribution in [0, 0.1) is 0 Å². The smallest absolute Gasteiger partial charge is 0.291 e. The molecule has 0 spiro atoms. The Labute approximate surface area is 174 Å². The molecule has 1 fully saturated rings. The molecule has 6 heteroatoms. The van der Waals surface area contributed by atoms with E-state index in [4.69, 9.17) is 4.42 Å². The number of hydrogen-bond acceptors (Lipinski definition) is 4. The van der Waals surface area contributed by atoms with E-state index in [2.05, 4.69) is 39.8 Å². The molecule has 5 rings (SSSR count). The van der Waals surface area contributed by atoms with Crippen LogP contribution in [0.3, 0.4) is 0 Å². The quantitative estimate of drug-likeness (QED) is 0.678. The highest BCUT2D eigenvalue weighted by molar-refractivity contribution is 6.05. The van der Waals surface area contributed by atoms with Crippen LogP contribution >= 0.6 is 0 Å². The first-order chi connectivity index (χ1) is 14.7. The van der Waals surface area contributed by atoms with Crippen molar-refractivity contribution in [1.29, 1.82) is 0 Å². The minimum Gasteiger partial charge on any atom is -0.459 e. The standard InChI is InChI=1S/C24H23N3O3/c28-23(25-18-7-8-18)20-14-19(26-24(29)22-6-3-13-30-22)9-10-21(20)27-12-11-16-4-1-2-5-17(16)15-27/h1-6,9-10,13-14,18H,7-8,11-12,15H2,(H,25,28)(H,26,29). The highest BCUT2D eigenvalue weighted by atomic mass is 16.3. The molecule has 1 aliphatic carbocycles.